The summed E-state index contributed by atoms with van der Waals surface area (Å²) >= 11 is 0. The van der Waals surface area contributed by atoms with Gasteiger partial charge in [0.25, 0.3) is 0 Å². The molecule has 5 nitrogen and oxygen atoms in total. The van der Waals surface area contributed by atoms with Crippen molar-refractivity contribution in [1.29, 1.82) is 0 Å². The van der Waals surface area contributed by atoms with Crippen molar-refractivity contribution < 1.29 is 13.9 Å². The third-order valence-electron chi connectivity index (χ3n) is 6.47. The summed E-state index contributed by atoms with van der Waals surface area (Å²) in [6, 6.07) is 5.23. The molecule has 6 heteroatoms. The lowest BCUT2D eigenvalue weighted by atomic mass is 9.95. The molecule has 0 bridgehead atoms. The fourth-order valence-corrected chi connectivity index (χ4v) is 4.79. The van der Waals surface area contributed by atoms with Crippen LogP contribution in [0.4, 0.5) is 4.39 Å². The molecule has 158 valence electrons. The van der Waals surface area contributed by atoms with E-state index in [9.17, 15) is 9.18 Å². The molecule has 0 spiro atoms. The number of morpholine rings is 1. The Labute approximate surface area is 172 Å². The Morgan fingerprint density at radius 1 is 1.17 bits per heavy atom. The van der Waals surface area contributed by atoms with Crippen molar-refractivity contribution in [1.82, 2.24) is 14.8 Å². The molecule has 0 radical (unpaired) electrons. The predicted molar refractivity (Wildman–Crippen MR) is 113 cm³/mol. The lowest BCUT2D eigenvalue weighted by molar-refractivity contribution is -0.121. The highest BCUT2D eigenvalue weighted by Crippen LogP contribution is 2.28. The van der Waals surface area contributed by atoms with Crippen molar-refractivity contribution in [3.63, 3.8) is 0 Å². The molecule has 2 heterocycles. The van der Waals surface area contributed by atoms with E-state index in [-0.39, 0.29) is 11.7 Å². The highest BCUT2D eigenvalue weighted by atomic mass is 19.1. The maximum absolute atomic E-state index is 14.0. The smallest absolute Gasteiger partial charge is 0.224 e. The first-order chi connectivity index (χ1) is 14.1. The van der Waals surface area contributed by atoms with Gasteiger partial charge in [0.15, 0.2) is 0 Å². The lowest BCUT2D eigenvalue weighted by Crippen LogP contribution is -2.38. The summed E-state index contributed by atoms with van der Waals surface area (Å²) in [4.78, 5) is 15.1. The van der Waals surface area contributed by atoms with Crippen LogP contribution in [0.3, 0.4) is 0 Å². The molecule has 1 aromatic heterocycles. The third-order valence-corrected chi connectivity index (χ3v) is 6.47. The Kier molecular flexibility index (Phi) is 6.50. The topological polar surface area (TPSA) is 46.5 Å². The van der Waals surface area contributed by atoms with E-state index in [2.05, 4.69) is 21.7 Å². The van der Waals surface area contributed by atoms with Crippen molar-refractivity contribution in [2.75, 3.05) is 32.8 Å². The van der Waals surface area contributed by atoms with Crippen LogP contribution in [0.5, 0.6) is 0 Å². The number of hydrogen-bond acceptors (Lipinski definition) is 3. The van der Waals surface area contributed by atoms with E-state index in [4.69, 9.17) is 4.74 Å². The minimum absolute atomic E-state index is 0.0523. The number of carbonyl (C=O) groups is 1. The molecular formula is C23H32FN3O2. The highest BCUT2D eigenvalue weighted by Gasteiger charge is 2.21. The van der Waals surface area contributed by atoms with Gasteiger partial charge < -0.3 is 14.6 Å². The number of carbonyl (C=O) groups excluding carboxylic acids is 1. The van der Waals surface area contributed by atoms with Crippen molar-refractivity contribution >= 4 is 16.8 Å². The zero-order chi connectivity index (χ0) is 20.2. The second kappa shape index (κ2) is 9.26. The average molecular weight is 402 g/mol. The van der Waals surface area contributed by atoms with Crippen LogP contribution in [-0.2, 0) is 22.5 Å². The summed E-state index contributed by atoms with van der Waals surface area (Å²) < 4.78 is 21.7. The number of nitrogens with one attached hydrogen (secondary N) is 1. The highest BCUT2D eigenvalue weighted by molar-refractivity contribution is 5.91. The van der Waals surface area contributed by atoms with Gasteiger partial charge >= 0.3 is 0 Å². The van der Waals surface area contributed by atoms with Crippen LogP contribution in [0.2, 0.25) is 0 Å². The molecule has 2 aromatic rings. The van der Waals surface area contributed by atoms with Gasteiger partial charge in [-0.2, -0.15) is 0 Å². The van der Waals surface area contributed by atoms with Gasteiger partial charge in [0.05, 0.1) is 19.6 Å². The quantitative estimate of drug-likeness (QED) is 0.807. The second-order valence-electron chi connectivity index (χ2n) is 8.41. The second-order valence-corrected chi connectivity index (χ2v) is 8.41. The largest absolute Gasteiger partial charge is 0.379 e. The first kappa shape index (κ1) is 20.4. The summed E-state index contributed by atoms with van der Waals surface area (Å²) in [5, 5.41) is 4.07. The van der Waals surface area contributed by atoms with Crippen LogP contribution >= 0.6 is 0 Å². The van der Waals surface area contributed by atoms with Gasteiger partial charge in [-0.3, -0.25) is 9.69 Å². The molecule has 2 aliphatic rings. The molecule has 2 fully saturated rings. The van der Waals surface area contributed by atoms with Crippen molar-refractivity contribution in [3.05, 3.63) is 35.3 Å². The average Bonchev–Trinajstić information content (AvgIpc) is 2.98. The van der Waals surface area contributed by atoms with Crippen LogP contribution in [0, 0.1) is 12.7 Å². The van der Waals surface area contributed by atoms with Crippen LogP contribution in [0.25, 0.3) is 10.9 Å². The molecular weight excluding hydrogens is 369 g/mol. The Morgan fingerprint density at radius 3 is 2.69 bits per heavy atom. The number of halogens is 1. The molecule has 1 aromatic carbocycles. The number of hydrogen-bond donors (Lipinski definition) is 1. The first-order valence-corrected chi connectivity index (χ1v) is 11.0. The molecule has 0 unspecified atom stereocenters. The standard InChI is InChI=1S/C23H32FN3O2/c1-17-20(16-23(28)25-19-5-3-2-4-6-19)21-15-18(24)7-8-22(21)27(17)10-9-26-11-13-29-14-12-26/h7-8,15,19H,2-6,9-14,16H2,1H3,(H,25,28). The van der Waals surface area contributed by atoms with Crippen LogP contribution < -0.4 is 5.32 Å². The van der Waals surface area contributed by atoms with Gasteiger partial charge in [0, 0.05) is 48.8 Å². The number of rotatable bonds is 6. The van der Waals surface area contributed by atoms with Gasteiger partial charge in [-0.15, -0.1) is 0 Å². The lowest BCUT2D eigenvalue weighted by Gasteiger charge is -2.27. The molecule has 4 rings (SSSR count). The van der Waals surface area contributed by atoms with E-state index < -0.39 is 0 Å². The first-order valence-electron chi connectivity index (χ1n) is 11.0. The van der Waals surface area contributed by atoms with Crippen LogP contribution in [0.15, 0.2) is 18.2 Å². The molecule has 1 aliphatic heterocycles. The van der Waals surface area contributed by atoms with Gasteiger partial charge in [-0.05, 0) is 43.5 Å². The molecule has 1 amide bonds. The summed E-state index contributed by atoms with van der Waals surface area (Å²) in [6.45, 7) is 7.27. The van der Waals surface area contributed by atoms with Gasteiger partial charge in [0.2, 0.25) is 5.91 Å². The summed E-state index contributed by atoms with van der Waals surface area (Å²) in [5.74, 6) is -0.201. The summed E-state index contributed by atoms with van der Waals surface area (Å²) in [5.41, 5.74) is 3.03. The monoisotopic (exact) mass is 401 g/mol. The number of aromatic nitrogens is 1. The van der Waals surface area contributed by atoms with Crippen LogP contribution in [-0.4, -0.2) is 54.3 Å². The molecule has 1 saturated carbocycles. The van der Waals surface area contributed by atoms with Crippen molar-refractivity contribution in [3.8, 4) is 0 Å². The predicted octanol–water partition coefficient (Wildman–Crippen LogP) is 3.41. The molecule has 1 saturated heterocycles. The molecule has 1 N–H and O–H groups in total. The van der Waals surface area contributed by atoms with Gasteiger partial charge in [0.1, 0.15) is 5.82 Å². The Hall–Kier alpha value is -1.92. The number of ether oxygens (including phenoxy) is 1. The fourth-order valence-electron chi connectivity index (χ4n) is 4.79. The number of nitrogens with zero attached hydrogens (tertiary/aromatic N) is 2. The zero-order valence-electron chi connectivity index (χ0n) is 17.4. The maximum atomic E-state index is 14.0. The van der Waals surface area contributed by atoms with E-state index >= 15 is 0 Å². The third kappa shape index (κ3) is 4.81. The number of fused-ring (bicyclic) bond motifs is 1. The molecule has 0 atom stereocenters. The summed E-state index contributed by atoms with van der Waals surface area (Å²) in [6.07, 6.45) is 6.10. The van der Waals surface area contributed by atoms with Crippen molar-refractivity contribution in [2.45, 2.75) is 58.0 Å². The SMILES string of the molecule is Cc1c(CC(=O)NC2CCCCC2)c2cc(F)ccc2n1CCN1CCOCC1. The fraction of sp³-hybridized carbons (Fsp3) is 0.609. The molecule has 1 aliphatic carbocycles. The maximum Gasteiger partial charge on any atom is 0.224 e. The normalized spacial score (nSPS) is 19.0. The van der Waals surface area contributed by atoms with E-state index in [0.717, 1.165) is 74.4 Å². The van der Waals surface area contributed by atoms with E-state index in [1.54, 1.807) is 6.07 Å². The van der Waals surface area contributed by atoms with Gasteiger partial charge in [-0.1, -0.05) is 19.3 Å². The Balaban J connectivity index is 1.53. The van der Waals surface area contributed by atoms with Crippen molar-refractivity contribution in [2.24, 2.45) is 0 Å². The van der Waals surface area contributed by atoms with E-state index in [1.807, 2.05) is 6.07 Å². The summed E-state index contributed by atoms with van der Waals surface area (Å²) in [7, 11) is 0. The van der Waals surface area contributed by atoms with Gasteiger partial charge in [-0.25, -0.2) is 4.39 Å². The number of amides is 1. The van der Waals surface area contributed by atoms with E-state index in [0.29, 0.717) is 12.5 Å². The number of benzene rings is 1. The minimum Gasteiger partial charge on any atom is -0.379 e. The Bertz CT molecular complexity index is 851. The molecule has 29 heavy (non-hydrogen) atoms. The van der Waals surface area contributed by atoms with E-state index in [1.165, 1.54) is 25.3 Å². The van der Waals surface area contributed by atoms with Crippen LogP contribution in [0.1, 0.15) is 43.4 Å². The zero-order valence-corrected chi connectivity index (χ0v) is 17.4. The Morgan fingerprint density at radius 2 is 1.93 bits per heavy atom. The minimum atomic E-state index is -0.253.